The summed E-state index contributed by atoms with van der Waals surface area (Å²) in [7, 11) is 0. The Morgan fingerprint density at radius 3 is 1.91 bits per heavy atom. The summed E-state index contributed by atoms with van der Waals surface area (Å²) < 4.78 is 2.39. The number of fused-ring (bicyclic) bond motifs is 3. The van der Waals surface area contributed by atoms with E-state index in [4.69, 9.17) is 0 Å². The first-order valence-electron chi connectivity index (χ1n) is 11.0. The minimum absolute atomic E-state index is 1.18. The Kier molecular flexibility index (Phi) is 4.40. The molecule has 1 heteroatoms. The lowest BCUT2D eigenvalue weighted by Gasteiger charge is -2.11. The first kappa shape index (κ1) is 18.7. The predicted octanol–water partition coefficient (Wildman–Crippen LogP) is 8.43. The lowest BCUT2D eigenvalue weighted by atomic mass is 9.99. The Morgan fingerprint density at radius 2 is 1.09 bits per heavy atom. The van der Waals surface area contributed by atoms with Gasteiger partial charge in [0.2, 0.25) is 0 Å². The second-order valence-electron chi connectivity index (χ2n) is 8.31. The zero-order valence-corrected chi connectivity index (χ0v) is 18.0. The maximum Gasteiger partial charge on any atom is 0.0547 e. The van der Waals surface area contributed by atoms with Crippen LogP contribution < -0.4 is 0 Å². The van der Waals surface area contributed by atoms with E-state index in [1.54, 1.807) is 0 Å². The van der Waals surface area contributed by atoms with Gasteiger partial charge in [-0.3, -0.25) is 0 Å². The topological polar surface area (TPSA) is 4.93 Å². The molecule has 5 aromatic carbocycles. The Balaban J connectivity index is 1.58. The van der Waals surface area contributed by atoms with Crippen LogP contribution in [0.4, 0.5) is 0 Å². The highest BCUT2D eigenvalue weighted by Gasteiger charge is 2.13. The smallest absolute Gasteiger partial charge is 0.0547 e. The van der Waals surface area contributed by atoms with Crippen molar-refractivity contribution >= 4 is 21.8 Å². The quantitative estimate of drug-likeness (QED) is 0.276. The summed E-state index contributed by atoms with van der Waals surface area (Å²) in [6.07, 6.45) is 0. The molecule has 0 N–H and O–H groups in total. The van der Waals surface area contributed by atoms with Gasteiger partial charge in [0.05, 0.1) is 11.0 Å². The number of nitrogens with zero attached hydrogens (tertiary/aromatic N) is 1. The third kappa shape index (κ3) is 3.02. The van der Waals surface area contributed by atoms with Crippen LogP contribution in [0.5, 0.6) is 0 Å². The molecule has 0 aliphatic carbocycles. The van der Waals surface area contributed by atoms with E-state index in [2.05, 4.69) is 133 Å². The van der Waals surface area contributed by atoms with Gasteiger partial charge < -0.3 is 4.57 Å². The van der Waals surface area contributed by atoms with Crippen molar-refractivity contribution in [3.8, 4) is 27.9 Å². The highest BCUT2D eigenvalue weighted by Crippen LogP contribution is 2.35. The molecule has 0 unspecified atom stereocenters. The molecule has 0 spiro atoms. The van der Waals surface area contributed by atoms with Gasteiger partial charge in [0.1, 0.15) is 0 Å². The van der Waals surface area contributed by atoms with Gasteiger partial charge in [-0.25, -0.2) is 0 Å². The Hall–Kier alpha value is -4.10. The van der Waals surface area contributed by atoms with Gasteiger partial charge in [-0.15, -0.1) is 0 Å². The average molecular weight is 410 g/mol. The van der Waals surface area contributed by atoms with Gasteiger partial charge in [-0.1, -0.05) is 97.1 Å². The van der Waals surface area contributed by atoms with Gasteiger partial charge in [0.25, 0.3) is 0 Å². The average Bonchev–Trinajstić information content (AvgIpc) is 3.19. The van der Waals surface area contributed by atoms with E-state index in [-0.39, 0.29) is 0 Å². The molecule has 6 aromatic rings. The van der Waals surface area contributed by atoms with E-state index in [1.165, 1.54) is 55.3 Å². The zero-order valence-electron chi connectivity index (χ0n) is 18.0. The molecule has 0 aliphatic heterocycles. The molecule has 0 bridgehead atoms. The monoisotopic (exact) mass is 409 g/mol. The molecular weight excluding hydrogens is 386 g/mol. The molecule has 0 radical (unpaired) electrons. The van der Waals surface area contributed by atoms with Gasteiger partial charge in [0.15, 0.2) is 0 Å². The minimum Gasteiger partial charge on any atom is -0.309 e. The standard InChI is InChI=1S/C31H23N/c1-22-9-5-6-12-27(22)25-17-20-29-28-13-7-8-14-30(28)32(31(29)21-25)26-18-15-24(16-19-26)23-10-3-2-4-11-23/h2-21H,1H3. The second-order valence-corrected chi connectivity index (χ2v) is 8.31. The van der Waals surface area contributed by atoms with E-state index in [0.29, 0.717) is 0 Å². The van der Waals surface area contributed by atoms with E-state index < -0.39 is 0 Å². The molecular formula is C31H23N. The van der Waals surface area contributed by atoms with Gasteiger partial charge >= 0.3 is 0 Å². The maximum absolute atomic E-state index is 2.39. The molecule has 32 heavy (non-hydrogen) atoms. The predicted molar refractivity (Wildman–Crippen MR) is 136 cm³/mol. The lowest BCUT2D eigenvalue weighted by molar-refractivity contribution is 1.18. The molecule has 6 rings (SSSR count). The number of hydrogen-bond donors (Lipinski definition) is 0. The normalized spacial score (nSPS) is 11.3. The number of rotatable bonds is 3. The largest absolute Gasteiger partial charge is 0.309 e. The van der Waals surface area contributed by atoms with Crippen molar-refractivity contribution in [2.24, 2.45) is 0 Å². The molecule has 0 amide bonds. The molecule has 0 saturated carbocycles. The number of benzene rings is 5. The summed E-state index contributed by atoms with van der Waals surface area (Å²) in [5.41, 5.74) is 9.95. The van der Waals surface area contributed by atoms with Crippen LogP contribution in [0.3, 0.4) is 0 Å². The van der Waals surface area contributed by atoms with Crippen molar-refractivity contribution in [1.29, 1.82) is 0 Å². The highest BCUT2D eigenvalue weighted by molar-refractivity contribution is 6.10. The summed E-state index contributed by atoms with van der Waals surface area (Å²) >= 11 is 0. The van der Waals surface area contributed by atoms with Crippen LogP contribution in [0.1, 0.15) is 5.56 Å². The van der Waals surface area contributed by atoms with Crippen LogP contribution >= 0.6 is 0 Å². The van der Waals surface area contributed by atoms with Gasteiger partial charge in [-0.2, -0.15) is 0 Å². The molecule has 1 aromatic heterocycles. The number of para-hydroxylation sites is 1. The molecule has 1 heterocycles. The fraction of sp³-hybridized carbons (Fsp3) is 0.0323. The third-order valence-electron chi connectivity index (χ3n) is 6.36. The van der Waals surface area contributed by atoms with Crippen LogP contribution in [-0.4, -0.2) is 4.57 Å². The van der Waals surface area contributed by atoms with Crippen LogP contribution in [-0.2, 0) is 0 Å². The van der Waals surface area contributed by atoms with Crippen molar-refractivity contribution in [2.45, 2.75) is 6.92 Å². The van der Waals surface area contributed by atoms with E-state index in [0.717, 1.165) is 0 Å². The van der Waals surface area contributed by atoms with E-state index >= 15 is 0 Å². The molecule has 152 valence electrons. The van der Waals surface area contributed by atoms with Gasteiger partial charge in [-0.05, 0) is 59.0 Å². The molecule has 1 nitrogen and oxygen atoms in total. The summed E-state index contributed by atoms with van der Waals surface area (Å²) in [6, 6.07) is 43.6. The van der Waals surface area contributed by atoms with Gasteiger partial charge in [0, 0.05) is 16.5 Å². The number of aromatic nitrogens is 1. The fourth-order valence-corrected chi connectivity index (χ4v) is 4.75. The Bertz CT molecular complexity index is 1550. The first-order chi connectivity index (χ1) is 15.8. The van der Waals surface area contributed by atoms with Crippen molar-refractivity contribution in [1.82, 2.24) is 4.57 Å². The SMILES string of the molecule is Cc1ccccc1-c1ccc2c3ccccc3n(-c3ccc(-c4ccccc4)cc3)c2c1. The third-order valence-corrected chi connectivity index (χ3v) is 6.36. The highest BCUT2D eigenvalue weighted by atomic mass is 15.0. The molecule has 0 aliphatic rings. The van der Waals surface area contributed by atoms with E-state index in [9.17, 15) is 0 Å². The molecule has 0 atom stereocenters. The van der Waals surface area contributed by atoms with Crippen LogP contribution in [0.2, 0.25) is 0 Å². The van der Waals surface area contributed by atoms with Crippen molar-refractivity contribution in [2.75, 3.05) is 0 Å². The second kappa shape index (κ2) is 7.55. The van der Waals surface area contributed by atoms with Crippen molar-refractivity contribution in [3.63, 3.8) is 0 Å². The van der Waals surface area contributed by atoms with Crippen molar-refractivity contribution in [3.05, 3.63) is 127 Å². The van der Waals surface area contributed by atoms with E-state index in [1.807, 2.05) is 0 Å². The fourth-order valence-electron chi connectivity index (χ4n) is 4.75. The first-order valence-corrected chi connectivity index (χ1v) is 11.0. The number of aryl methyl sites for hydroxylation is 1. The Labute approximate surface area is 188 Å². The summed E-state index contributed by atoms with van der Waals surface area (Å²) in [5.74, 6) is 0. The van der Waals surface area contributed by atoms with Crippen molar-refractivity contribution < 1.29 is 0 Å². The zero-order chi connectivity index (χ0) is 21.5. The minimum atomic E-state index is 1.18. The maximum atomic E-state index is 2.39. The molecule has 0 fully saturated rings. The summed E-state index contributed by atoms with van der Waals surface area (Å²) in [6.45, 7) is 2.18. The van der Waals surface area contributed by atoms with Crippen LogP contribution in [0, 0.1) is 6.92 Å². The summed E-state index contributed by atoms with van der Waals surface area (Å²) in [5, 5.41) is 2.57. The van der Waals surface area contributed by atoms with Crippen LogP contribution in [0.25, 0.3) is 49.7 Å². The lowest BCUT2D eigenvalue weighted by Crippen LogP contribution is -1.94. The summed E-state index contributed by atoms with van der Waals surface area (Å²) in [4.78, 5) is 0. The molecule has 0 saturated heterocycles. The Morgan fingerprint density at radius 1 is 0.469 bits per heavy atom. The van der Waals surface area contributed by atoms with Crippen LogP contribution in [0.15, 0.2) is 121 Å². The number of hydrogen-bond acceptors (Lipinski definition) is 0.